The molecule has 0 aliphatic carbocycles. The zero-order chi connectivity index (χ0) is 10.2. The van der Waals surface area contributed by atoms with Crippen LogP contribution in [0.25, 0.3) is 0 Å². The molecule has 1 aromatic carbocycles. The Morgan fingerprint density at radius 2 is 1.86 bits per heavy atom. The van der Waals surface area contributed by atoms with Crippen molar-refractivity contribution in [3.8, 4) is 0 Å². The minimum absolute atomic E-state index is 0.697. The highest BCUT2D eigenvalue weighted by molar-refractivity contribution is 9.09. The molecule has 0 amide bonds. The molecule has 0 heterocycles. The molecule has 0 N–H and O–H groups in total. The third kappa shape index (κ3) is 4.80. The van der Waals surface area contributed by atoms with Crippen LogP contribution >= 0.6 is 15.9 Å². The highest BCUT2D eigenvalue weighted by Gasteiger charge is 2.03. The Morgan fingerprint density at radius 3 is 2.50 bits per heavy atom. The fourth-order valence-electron chi connectivity index (χ4n) is 1.54. The first-order valence-electron chi connectivity index (χ1n) is 5.51. The van der Waals surface area contributed by atoms with Crippen LogP contribution in [0.15, 0.2) is 30.3 Å². The molecule has 0 spiro atoms. The maximum Gasteiger partial charge on any atom is 0.0149 e. The molecule has 14 heavy (non-hydrogen) atoms. The highest BCUT2D eigenvalue weighted by atomic mass is 79.9. The van der Waals surface area contributed by atoms with Crippen molar-refractivity contribution in [1.82, 2.24) is 0 Å². The van der Waals surface area contributed by atoms with Gasteiger partial charge < -0.3 is 0 Å². The first kappa shape index (κ1) is 11.8. The van der Waals surface area contributed by atoms with Crippen molar-refractivity contribution in [2.75, 3.05) is 0 Å². The summed E-state index contributed by atoms with van der Waals surface area (Å²) in [6, 6.07) is 10.7. The summed E-state index contributed by atoms with van der Waals surface area (Å²) in [5, 5.41) is 0. The minimum atomic E-state index is 0.697. The zero-order valence-corrected chi connectivity index (χ0v) is 10.5. The smallest absolute Gasteiger partial charge is 0.0149 e. The lowest BCUT2D eigenvalue weighted by Gasteiger charge is -2.08. The Hall–Kier alpha value is -0.300. The van der Waals surface area contributed by atoms with Crippen LogP contribution in [0.1, 0.15) is 38.2 Å². The summed E-state index contributed by atoms with van der Waals surface area (Å²) in [5.74, 6) is 0. The zero-order valence-electron chi connectivity index (χ0n) is 8.88. The average molecular weight is 255 g/mol. The van der Waals surface area contributed by atoms with Gasteiger partial charge in [-0.1, -0.05) is 66.0 Å². The Balaban J connectivity index is 2.20. The van der Waals surface area contributed by atoms with Gasteiger partial charge in [0.05, 0.1) is 0 Å². The summed E-state index contributed by atoms with van der Waals surface area (Å²) in [5.41, 5.74) is 1.45. The normalized spacial score (nSPS) is 12.7. The summed E-state index contributed by atoms with van der Waals surface area (Å²) in [6.45, 7) is 2.25. The molecule has 0 nitrogen and oxygen atoms in total. The molecule has 0 aromatic heterocycles. The van der Waals surface area contributed by atoms with E-state index in [1.807, 2.05) is 0 Å². The highest BCUT2D eigenvalue weighted by Crippen LogP contribution is 2.16. The van der Waals surface area contributed by atoms with E-state index in [2.05, 4.69) is 53.2 Å². The predicted octanol–water partition coefficient (Wildman–Crippen LogP) is 4.57. The number of hydrogen-bond donors (Lipinski definition) is 0. The first-order chi connectivity index (χ1) is 6.83. The van der Waals surface area contributed by atoms with Gasteiger partial charge in [0.25, 0.3) is 0 Å². The van der Waals surface area contributed by atoms with Crippen molar-refractivity contribution in [2.24, 2.45) is 0 Å². The summed E-state index contributed by atoms with van der Waals surface area (Å²) >= 11 is 3.74. The lowest BCUT2D eigenvalue weighted by Crippen LogP contribution is -1.99. The lowest BCUT2D eigenvalue weighted by molar-refractivity contribution is 0.654. The molecule has 1 rings (SSSR count). The van der Waals surface area contributed by atoms with E-state index in [9.17, 15) is 0 Å². The van der Waals surface area contributed by atoms with Crippen LogP contribution in [-0.4, -0.2) is 4.83 Å². The molecule has 0 aliphatic heterocycles. The van der Waals surface area contributed by atoms with Crippen LogP contribution in [-0.2, 0) is 6.42 Å². The maximum absolute atomic E-state index is 3.74. The molecular formula is C13H19Br. The Kier molecular flexibility index (Phi) is 5.93. The van der Waals surface area contributed by atoms with E-state index in [-0.39, 0.29) is 0 Å². The van der Waals surface area contributed by atoms with Gasteiger partial charge in [0.15, 0.2) is 0 Å². The van der Waals surface area contributed by atoms with Gasteiger partial charge in [-0.15, -0.1) is 0 Å². The summed E-state index contributed by atoms with van der Waals surface area (Å²) in [6.07, 6.45) is 6.39. The molecule has 1 heteroatoms. The van der Waals surface area contributed by atoms with Gasteiger partial charge in [-0.3, -0.25) is 0 Å². The summed E-state index contributed by atoms with van der Waals surface area (Å²) < 4.78 is 0. The summed E-state index contributed by atoms with van der Waals surface area (Å²) in [7, 11) is 0. The van der Waals surface area contributed by atoms with Gasteiger partial charge >= 0.3 is 0 Å². The molecule has 78 valence electrons. The average Bonchev–Trinajstić information content (AvgIpc) is 2.25. The molecular weight excluding hydrogens is 236 g/mol. The van der Waals surface area contributed by atoms with Gasteiger partial charge in [-0.2, -0.15) is 0 Å². The monoisotopic (exact) mass is 254 g/mol. The quantitative estimate of drug-likeness (QED) is 0.653. The van der Waals surface area contributed by atoms with Crippen LogP contribution in [0.4, 0.5) is 0 Å². The fraction of sp³-hybridized carbons (Fsp3) is 0.538. The Bertz CT molecular complexity index is 230. The topological polar surface area (TPSA) is 0 Å². The van der Waals surface area contributed by atoms with Crippen molar-refractivity contribution >= 4 is 15.9 Å². The van der Waals surface area contributed by atoms with Gasteiger partial charge in [-0.05, 0) is 24.8 Å². The third-order valence-corrected chi connectivity index (χ3v) is 3.38. The van der Waals surface area contributed by atoms with Crippen molar-refractivity contribution < 1.29 is 0 Å². The van der Waals surface area contributed by atoms with Gasteiger partial charge in [0.2, 0.25) is 0 Å². The summed E-state index contributed by atoms with van der Waals surface area (Å²) in [4.78, 5) is 0.697. The Morgan fingerprint density at radius 1 is 1.14 bits per heavy atom. The van der Waals surface area contributed by atoms with E-state index in [4.69, 9.17) is 0 Å². The second-order valence-corrected chi connectivity index (χ2v) is 5.06. The number of halogens is 1. The van der Waals surface area contributed by atoms with Crippen molar-refractivity contribution in [3.63, 3.8) is 0 Å². The standard InChI is InChI=1S/C13H19Br/c1-2-3-9-13(14)11-10-12-7-5-4-6-8-12/h4-8,13H,2-3,9-11H2,1H3. The van der Waals surface area contributed by atoms with Crippen LogP contribution in [0.5, 0.6) is 0 Å². The van der Waals surface area contributed by atoms with E-state index in [0.29, 0.717) is 4.83 Å². The van der Waals surface area contributed by atoms with Crippen molar-refractivity contribution in [3.05, 3.63) is 35.9 Å². The van der Waals surface area contributed by atoms with Crippen LogP contribution in [0.2, 0.25) is 0 Å². The van der Waals surface area contributed by atoms with Gasteiger partial charge in [-0.25, -0.2) is 0 Å². The SMILES string of the molecule is CCCCC(Br)CCc1ccccc1. The van der Waals surface area contributed by atoms with Gasteiger partial charge in [0.1, 0.15) is 0 Å². The van der Waals surface area contributed by atoms with E-state index in [1.54, 1.807) is 0 Å². The first-order valence-corrected chi connectivity index (χ1v) is 6.42. The van der Waals surface area contributed by atoms with Gasteiger partial charge in [0, 0.05) is 4.83 Å². The molecule has 0 bridgehead atoms. The number of rotatable bonds is 6. The molecule has 0 saturated heterocycles. The third-order valence-electron chi connectivity index (χ3n) is 2.46. The van der Waals surface area contributed by atoms with Crippen molar-refractivity contribution in [2.45, 2.75) is 43.9 Å². The fourth-order valence-corrected chi connectivity index (χ4v) is 2.09. The number of alkyl halides is 1. The molecule has 1 unspecified atom stereocenters. The number of hydrogen-bond acceptors (Lipinski definition) is 0. The second kappa shape index (κ2) is 7.05. The molecule has 0 aliphatic rings. The molecule has 1 atom stereocenters. The molecule has 0 fully saturated rings. The second-order valence-electron chi connectivity index (χ2n) is 3.76. The maximum atomic E-state index is 3.74. The molecule has 1 aromatic rings. The lowest BCUT2D eigenvalue weighted by atomic mass is 10.1. The van der Waals surface area contributed by atoms with Crippen LogP contribution in [0, 0.1) is 0 Å². The molecule has 0 saturated carbocycles. The Labute approximate surface area is 95.9 Å². The van der Waals surface area contributed by atoms with E-state index >= 15 is 0 Å². The van der Waals surface area contributed by atoms with E-state index < -0.39 is 0 Å². The predicted molar refractivity (Wildman–Crippen MR) is 67.0 cm³/mol. The number of benzene rings is 1. The van der Waals surface area contributed by atoms with E-state index in [1.165, 1.54) is 37.7 Å². The molecule has 0 radical (unpaired) electrons. The number of unbranched alkanes of at least 4 members (excludes halogenated alkanes) is 1. The van der Waals surface area contributed by atoms with Crippen LogP contribution < -0.4 is 0 Å². The largest absolute Gasteiger partial charge is 0.0891 e. The van der Waals surface area contributed by atoms with Crippen LogP contribution in [0.3, 0.4) is 0 Å². The minimum Gasteiger partial charge on any atom is -0.0891 e. The van der Waals surface area contributed by atoms with E-state index in [0.717, 1.165) is 0 Å². The number of aryl methyl sites for hydroxylation is 1. The van der Waals surface area contributed by atoms with Crippen molar-refractivity contribution in [1.29, 1.82) is 0 Å².